The van der Waals surface area contributed by atoms with Crippen molar-refractivity contribution in [2.75, 3.05) is 32.6 Å². The summed E-state index contributed by atoms with van der Waals surface area (Å²) in [6.07, 6.45) is 2.85. The second-order valence-corrected chi connectivity index (χ2v) is 6.26. The van der Waals surface area contributed by atoms with Gasteiger partial charge in [-0.2, -0.15) is 0 Å². The third-order valence-corrected chi connectivity index (χ3v) is 4.42. The van der Waals surface area contributed by atoms with Gasteiger partial charge in [0, 0.05) is 37.5 Å². The Bertz CT molecular complexity index is 649. The molecule has 2 fully saturated rings. The molecular formula is C17H25IN4O3. The van der Waals surface area contributed by atoms with Crippen LogP contribution in [0.25, 0.3) is 0 Å². The van der Waals surface area contributed by atoms with Crippen LogP contribution in [0.5, 0.6) is 11.5 Å². The number of likely N-dealkylation sites (tertiary alicyclic amines) is 1. The molecule has 138 valence electrons. The summed E-state index contributed by atoms with van der Waals surface area (Å²) < 4.78 is 10.5. The number of nitrogens with one attached hydrogen (secondary N) is 1. The molecule has 2 aliphatic rings. The first-order chi connectivity index (χ1) is 11.6. The summed E-state index contributed by atoms with van der Waals surface area (Å²) in [7, 11) is 3.20. The quantitative estimate of drug-likeness (QED) is 0.386. The number of nitrogens with two attached hydrogens (primary N) is 1. The van der Waals surface area contributed by atoms with Gasteiger partial charge in [0.25, 0.3) is 0 Å². The Labute approximate surface area is 165 Å². The fourth-order valence-corrected chi connectivity index (χ4v) is 2.99. The predicted molar refractivity (Wildman–Crippen MR) is 108 cm³/mol. The Morgan fingerprint density at radius 3 is 2.76 bits per heavy atom. The number of carbonyl (C=O) groups excluding carboxylic acids is 1. The zero-order valence-electron chi connectivity index (χ0n) is 14.5. The molecule has 1 aromatic carbocycles. The van der Waals surface area contributed by atoms with Gasteiger partial charge in [0.05, 0.1) is 19.9 Å². The molecule has 1 aliphatic heterocycles. The molecule has 8 heteroatoms. The second-order valence-electron chi connectivity index (χ2n) is 6.26. The minimum atomic E-state index is 0. The number of hydrogen-bond donors (Lipinski definition) is 2. The number of halogens is 1. The van der Waals surface area contributed by atoms with Crippen LogP contribution in [-0.2, 0) is 4.79 Å². The molecule has 1 unspecified atom stereocenters. The number of methoxy groups -OCH3 is 2. The molecule has 7 nitrogen and oxygen atoms in total. The van der Waals surface area contributed by atoms with E-state index in [2.05, 4.69) is 10.3 Å². The van der Waals surface area contributed by atoms with Crippen LogP contribution in [0.2, 0.25) is 0 Å². The summed E-state index contributed by atoms with van der Waals surface area (Å²) in [5.74, 6) is 2.15. The molecule has 1 amide bonds. The van der Waals surface area contributed by atoms with Crippen molar-refractivity contribution in [1.82, 2.24) is 4.90 Å². The molecule has 0 radical (unpaired) electrons. The second kappa shape index (κ2) is 8.59. The van der Waals surface area contributed by atoms with E-state index in [1.165, 1.54) is 0 Å². The van der Waals surface area contributed by atoms with Crippen molar-refractivity contribution in [3.05, 3.63) is 18.2 Å². The third kappa shape index (κ3) is 4.90. The number of aliphatic imine (C=N–C) groups is 1. The normalized spacial score (nSPS) is 20.2. The molecular weight excluding hydrogens is 435 g/mol. The number of anilines is 1. The van der Waals surface area contributed by atoms with E-state index in [1.807, 2.05) is 11.0 Å². The van der Waals surface area contributed by atoms with Gasteiger partial charge >= 0.3 is 0 Å². The predicted octanol–water partition coefficient (Wildman–Crippen LogP) is 2.06. The Hall–Kier alpha value is -1.71. The van der Waals surface area contributed by atoms with E-state index in [1.54, 1.807) is 26.4 Å². The number of nitrogens with zero attached hydrogens (tertiary/aromatic N) is 2. The lowest BCUT2D eigenvalue weighted by Crippen LogP contribution is -2.28. The number of ether oxygens (including phenoxy) is 2. The smallest absolute Gasteiger partial charge is 0.223 e. The molecule has 1 saturated carbocycles. The van der Waals surface area contributed by atoms with Crippen molar-refractivity contribution in [2.45, 2.75) is 25.3 Å². The highest BCUT2D eigenvalue weighted by atomic mass is 127. The first-order valence-electron chi connectivity index (χ1n) is 8.19. The molecule has 0 spiro atoms. The molecule has 0 bridgehead atoms. The Balaban J connectivity index is 0.00000225. The maximum Gasteiger partial charge on any atom is 0.223 e. The molecule has 1 aliphatic carbocycles. The number of rotatable bonds is 6. The number of hydrogen-bond acceptors (Lipinski definition) is 4. The number of amides is 1. The van der Waals surface area contributed by atoms with E-state index in [0.717, 1.165) is 19.4 Å². The standard InChI is InChI=1S/C17H24N4O3.HI/c1-23-13-5-6-15(24-2)14(8-13)20-17(18)19-9-11-7-16(22)21(10-11)12-3-4-12;/h5-6,8,11-12H,3-4,7,9-10H2,1-2H3,(H3,18,19,20);1H. The van der Waals surface area contributed by atoms with Crippen LogP contribution in [0.4, 0.5) is 5.69 Å². The summed E-state index contributed by atoms with van der Waals surface area (Å²) in [4.78, 5) is 18.3. The molecule has 1 saturated heterocycles. The van der Waals surface area contributed by atoms with Crippen molar-refractivity contribution in [2.24, 2.45) is 16.6 Å². The summed E-state index contributed by atoms with van der Waals surface area (Å²) in [6, 6.07) is 5.89. The van der Waals surface area contributed by atoms with Gasteiger partial charge in [-0.3, -0.25) is 9.79 Å². The summed E-state index contributed by atoms with van der Waals surface area (Å²) >= 11 is 0. The lowest BCUT2D eigenvalue weighted by molar-refractivity contribution is -0.128. The zero-order chi connectivity index (χ0) is 17.1. The van der Waals surface area contributed by atoms with Crippen molar-refractivity contribution >= 4 is 41.5 Å². The number of benzene rings is 1. The van der Waals surface area contributed by atoms with Gasteiger partial charge in [-0.15, -0.1) is 24.0 Å². The average Bonchev–Trinajstić information content (AvgIpc) is 3.35. The highest BCUT2D eigenvalue weighted by Gasteiger charge is 2.39. The van der Waals surface area contributed by atoms with E-state index in [-0.39, 0.29) is 35.8 Å². The van der Waals surface area contributed by atoms with Crippen LogP contribution < -0.4 is 20.5 Å². The molecule has 1 heterocycles. The van der Waals surface area contributed by atoms with Gasteiger partial charge in [-0.25, -0.2) is 0 Å². The fourth-order valence-electron chi connectivity index (χ4n) is 2.99. The lowest BCUT2D eigenvalue weighted by Gasteiger charge is -2.15. The van der Waals surface area contributed by atoms with Crippen molar-refractivity contribution in [1.29, 1.82) is 0 Å². The van der Waals surface area contributed by atoms with Crippen LogP contribution in [0.15, 0.2) is 23.2 Å². The Kier molecular flexibility index (Phi) is 6.74. The van der Waals surface area contributed by atoms with Crippen molar-refractivity contribution in [3.8, 4) is 11.5 Å². The maximum absolute atomic E-state index is 12.0. The maximum atomic E-state index is 12.0. The Morgan fingerprint density at radius 2 is 2.12 bits per heavy atom. The first-order valence-corrected chi connectivity index (χ1v) is 8.19. The topological polar surface area (TPSA) is 89.2 Å². The van der Waals surface area contributed by atoms with Gasteiger partial charge in [0.15, 0.2) is 5.96 Å². The van der Waals surface area contributed by atoms with E-state index < -0.39 is 0 Å². The molecule has 0 aromatic heterocycles. The molecule has 3 N–H and O–H groups in total. The van der Waals surface area contributed by atoms with Gasteiger partial charge in [-0.1, -0.05) is 0 Å². The van der Waals surface area contributed by atoms with Gasteiger partial charge in [0.1, 0.15) is 11.5 Å². The number of carbonyl (C=O) groups is 1. The van der Waals surface area contributed by atoms with Crippen LogP contribution >= 0.6 is 24.0 Å². The molecule has 1 aromatic rings. The summed E-state index contributed by atoms with van der Waals surface area (Å²) in [6.45, 7) is 1.34. The highest BCUT2D eigenvalue weighted by Crippen LogP contribution is 2.32. The fraction of sp³-hybridized carbons (Fsp3) is 0.529. The molecule has 3 rings (SSSR count). The van der Waals surface area contributed by atoms with E-state index in [0.29, 0.717) is 42.2 Å². The van der Waals surface area contributed by atoms with E-state index >= 15 is 0 Å². The third-order valence-electron chi connectivity index (χ3n) is 4.42. The zero-order valence-corrected chi connectivity index (χ0v) is 16.9. The molecule has 1 atom stereocenters. The van der Waals surface area contributed by atoms with Gasteiger partial charge < -0.3 is 25.4 Å². The van der Waals surface area contributed by atoms with Crippen LogP contribution in [0, 0.1) is 5.92 Å². The lowest BCUT2D eigenvalue weighted by atomic mass is 10.1. The first kappa shape index (κ1) is 19.6. The summed E-state index contributed by atoms with van der Waals surface area (Å²) in [5.41, 5.74) is 6.68. The van der Waals surface area contributed by atoms with Crippen LogP contribution in [0.3, 0.4) is 0 Å². The minimum absolute atomic E-state index is 0. The molecule has 25 heavy (non-hydrogen) atoms. The minimum Gasteiger partial charge on any atom is -0.497 e. The van der Waals surface area contributed by atoms with Gasteiger partial charge in [-0.05, 0) is 25.0 Å². The van der Waals surface area contributed by atoms with Crippen molar-refractivity contribution in [3.63, 3.8) is 0 Å². The Morgan fingerprint density at radius 1 is 1.36 bits per heavy atom. The highest BCUT2D eigenvalue weighted by molar-refractivity contribution is 14.0. The van der Waals surface area contributed by atoms with Crippen molar-refractivity contribution < 1.29 is 14.3 Å². The van der Waals surface area contributed by atoms with E-state index in [9.17, 15) is 4.79 Å². The largest absolute Gasteiger partial charge is 0.497 e. The number of guanidine groups is 1. The summed E-state index contributed by atoms with van der Waals surface area (Å²) in [5, 5.41) is 3.04. The van der Waals surface area contributed by atoms with E-state index in [4.69, 9.17) is 15.2 Å². The van der Waals surface area contributed by atoms with Crippen LogP contribution in [0.1, 0.15) is 19.3 Å². The van der Waals surface area contributed by atoms with Gasteiger partial charge in [0.2, 0.25) is 5.91 Å². The monoisotopic (exact) mass is 460 g/mol. The average molecular weight is 460 g/mol. The van der Waals surface area contributed by atoms with Crippen LogP contribution in [-0.4, -0.2) is 50.1 Å². The SMILES string of the molecule is COc1ccc(OC)c(NC(N)=NCC2CC(=O)N(C3CC3)C2)c1.I.